The van der Waals surface area contributed by atoms with E-state index >= 15 is 0 Å². The zero-order valence-corrected chi connectivity index (χ0v) is 11.9. The number of aryl methyl sites for hydroxylation is 1. The third kappa shape index (κ3) is 2.34. The highest BCUT2D eigenvalue weighted by molar-refractivity contribution is 8.00. The quantitative estimate of drug-likeness (QED) is 0.882. The summed E-state index contributed by atoms with van der Waals surface area (Å²) in [6.07, 6.45) is 1.72. The number of nitrogens with two attached hydrogens (primary N) is 1. The molecule has 100 valence electrons. The molecule has 1 fully saturated rings. The van der Waals surface area contributed by atoms with Crippen LogP contribution in [-0.4, -0.2) is 44.2 Å². The van der Waals surface area contributed by atoms with Gasteiger partial charge in [0, 0.05) is 36.3 Å². The summed E-state index contributed by atoms with van der Waals surface area (Å²) in [6, 6.07) is 0.224. The third-order valence-electron chi connectivity index (χ3n) is 3.46. The molecular formula is C12H20N4OS. The summed E-state index contributed by atoms with van der Waals surface area (Å²) in [4.78, 5) is 14.4. The summed E-state index contributed by atoms with van der Waals surface area (Å²) in [6.45, 7) is 7.71. The molecular weight excluding hydrogens is 248 g/mol. The van der Waals surface area contributed by atoms with Gasteiger partial charge >= 0.3 is 0 Å². The van der Waals surface area contributed by atoms with Gasteiger partial charge in [-0.1, -0.05) is 6.92 Å². The predicted octanol–water partition coefficient (Wildman–Crippen LogP) is 1.45. The highest BCUT2D eigenvalue weighted by Crippen LogP contribution is 2.26. The van der Waals surface area contributed by atoms with Crippen molar-refractivity contribution in [1.29, 1.82) is 0 Å². The molecule has 0 radical (unpaired) electrons. The number of amides is 1. The van der Waals surface area contributed by atoms with Crippen LogP contribution in [0.3, 0.4) is 0 Å². The smallest absolute Gasteiger partial charge is 0.276 e. The first kappa shape index (κ1) is 13.3. The highest BCUT2D eigenvalue weighted by atomic mass is 32.2. The average Bonchev–Trinajstić information content (AvgIpc) is 2.73. The number of thioether (sulfide) groups is 1. The van der Waals surface area contributed by atoms with E-state index in [1.807, 2.05) is 23.6 Å². The first-order valence-corrected chi connectivity index (χ1v) is 7.35. The Bertz CT molecular complexity index is 445. The van der Waals surface area contributed by atoms with E-state index in [1.54, 1.807) is 10.9 Å². The van der Waals surface area contributed by atoms with Gasteiger partial charge in [0.25, 0.3) is 5.91 Å². The topological polar surface area (TPSA) is 64.2 Å². The second-order valence-electron chi connectivity index (χ2n) is 4.60. The lowest BCUT2D eigenvalue weighted by Crippen LogP contribution is -2.48. The number of nitrogen functional groups attached to an aromatic ring is 1. The minimum absolute atomic E-state index is 0.0423. The molecule has 0 bridgehead atoms. The minimum Gasteiger partial charge on any atom is -0.396 e. The Hall–Kier alpha value is -1.17. The summed E-state index contributed by atoms with van der Waals surface area (Å²) >= 11 is 1.91. The van der Waals surface area contributed by atoms with Crippen LogP contribution in [0, 0.1) is 0 Å². The normalized spacial score (nSPS) is 24.3. The maximum atomic E-state index is 12.5. The van der Waals surface area contributed by atoms with Crippen molar-refractivity contribution in [3.63, 3.8) is 0 Å². The molecule has 0 aromatic carbocycles. The number of carbonyl (C=O) groups is 1. The summed E-state index contributed by atoms with van der Waals surface area (Å²) in [5, 5.41) is 4.71. The molecule has 1 aliphatic heterocycles. The van der Waals surface area contributed by atoms with Gasteiger partial charge in [-0.3, -0.25) is 9.48 Å². The number of anilines is 1. The van der Waals surface area contributed by atoms with Crippen LogP contribution < -0.4 is 5.73 Å². The molecule has 6 heteroatoms. The van der Waals surface area contributed by atoms with Crippen molar-refractivity contribution >= 4 is 23.4 Å². The van der Waals surface area contributed by atoms with Crippen molar-refractivity contribution in [3.05, 3.63) is 11.9 Å². The standard InChI is InChI=1S/C12H20N4OS/c1-4-15-7-10(13)11(14-15)12(17)16-5-6-18-9(3)8(16)2/h7-9H,4-6,13H2,1-3H3. The Morgan fingerprint density at radius 2 is 2.33 bits per heavy atom. The molecule has 1 saturated heterocycles. The van der Waals surface area contributed by atoms with Crippen molar-refractivity contribution in [2.24, 2.45) is 0 Å². The molecule has 0 aliphatic carbocycles. The summed E-state index contributed by atoms with van der Waals surface area (Å²) in [7, 11) is 0. The maximum Gasteiger partial charge on any atom is 0.276 e. The van der Waals surface area contributed by atoms with Crippen LogP contribution in [0.4, 0.5) is 5.69 Å². The molecule has 18 heavy (non-hydrogen) atoms. The Morgan fingerprint density at radius 3 is 2.94 bits per heavy atom. The lowest BCUT2D eigenvalue weighted by Gasteiger charge is -2.37. The molecule has 2 N–H and O–H groups in total. The van der Waals surface area contributed by atoms with Gasteiger partial charge in [-0.05, 0) is 13.8 Å². The Kier molecular flexibility index (Phi) is 3.85. The van der Waals surface area contributed by atoms with Gasteiger partial charge < -0.3 is 10.6 Å². The predicted molar refractivity (Wildman–Crippen MR) is 74.7 cm³/mol. The van der Waals surface area contributed by atoms with Crippen molar-refractivity contribution < 1.29 is 4.79 Å². The van der Waals surface area contributed by atoms with Crippen molar-refractivity contribution in [3.8, 4) is 0 Å². The molecule has 1 aromatic heterocycles. The molecule has 2 heterocycles. The Balaban J connectivity index is 2.22. The van der Waals surface area contributed by atoms with E-state index in [0.717, 1.165) is 18.8 Å². The number of aromatic nitrogens is 2. The number of hydrogen-bond acceptors (Lipinski definition) is 4. The molecule has 5 nitrogen and oxygen atoms in total. The SMILES string of the molecule is CCn1cc(N)c(C(=O)N2CCSC(C)C2C)n1. The first-order chi connectivity index (χ1) is 8.54. The van der Waals surface area contributed by atoms with E-state index in [4.69, 9.17) is 5.73 Å². The zero-order chi connectivity index (χ0) is 13.3. The second kappa shape index (κ2) is 5.22. The van der Waals surface area contributed by atoms with Crippen LogP contribution in [0.1, 0.15) is 31.3 Å². The number of rotatable bonds is 2. The van der Waals surface area contributed by atoms with Crippen molar-refractivity contribution in [1.82, 2.24) is 14.7 Å². The van der Waals surface area contributed by atoms with Gasteiger partial charge in [-0.2, -0.15) is 16.9 Å². The van der Waals surface area contributed by atoms with E-state index in [-0.39, 0.29) is 11.9 Å². The fourth-order valence-corrected chi connectivity index (χ4v) is 3.22. The summed E-state index contributed by atoms with van der Waals surface area (Å²) < 4.78 is 1.70. The maximum absolute atomic E-state index is 12.5. The van der Waals surface area contributed by atoms with E-state index in [2.05, 4.69) is 18.9 Å². The molecule has 1 aliphatic rings. The lowest BCUT2D eigenvalue weighted by molar-refractivity contribution is 0.0692. The molecule has 0 spiro atoms. The number of nitrogens with zero attached hydrogens (tertiary/aromatic N) is 3. The van der Waals surface area contributed by atoms with Gasteiger partial charge in [-0.25, -0.2) is 0 Å². The number of carbonyl (C=O) groups excluding carboxylic acids is 1. The average molecular weight is 268 g/mol. The fourth-order valence-electron chi connectivity index (χ4n) is 2.12. The highest BCUT2D eigenvalue weighted by Gasteiger charge is 2.31. The molecule has 1 amide bonds. The molecule has 1 aromatic rings. The van der Waals surface area contributed by atoms with Crippen LogP contribution in [0.2, 0.25) is 0 Å². The van der Waals surface area contributed by atoms with E-state index < -0.39 is 0 Å². The summed E-state index contributed by atoms with van der Waals surface area (Å²) in [5.74, 6) is 0.936. The van der Waals surface area contributed by atoms with Gasteiger partial charge in [0.2, 0.25) is 0 Å². The minimum atomic E-state index is -0.0423. The second-order valence-corrected chi connectivity index (χ2v) is 6.09. The largest absolute Gasteiger partial charge is 0.396 e. The third-order valence-corrected chi connectivity index (χ3v) is 4.80. The summed E-state index contributed by atoms with van der Waals surface area (Å²) in [5.41, 5.74) is 6.73. The van der Waals surface area contributed by atoms with Crippen LogP contribution in [-0.2, 0) is 6.54 Å². The van der Waals surface area contributed by atoms with Gasteiger partial charge in [0.05, 0.1) is 5.69 Å². The van der Waals surface area contributed by atoms with Gasteiger partial charge in [-0.15, -0.1) is 0 Å². The van der Waals surface area contributed by atoms with E-state index in [1.165, 1.54) is 0 Å². The van der Waals surface area contributed by atoms with Crippen LogP contribution in [0.5, 0.6) is 0 Å². The van der Waals surface area contributed by atoms with Crippen LogP contribution in [0.25, 0.3) is 0 Å². The van der Waals surface area contributed by atoms with E-state index in [0.29, 0.717) is 16.6 Å². The van der Waals surface area contributed by atoms with Gasteiger partial charge in [0.15, 0.2) is 5.69 Å². The zero-order valence-electron chi connectivity index (χ0n) is 11.1. The lowest BCUT2D eigenvalue weighted by atomic mass is 10.2. The molecule has 2 atom stereocenters. The van der Waals surface area contributed by atoms with Crippen molar-refractivity contribution in [2.45, 2.75) is 38.6 Å². The Labute approximate surface area is 112 Å². The first-order valence-electron chi connectivity index (χ1n) is 6.30. The number of hydrogen-bond donors (Lipinski definition) is 1. The molecule has 2 unspecified atom stereocenters. The Morgan fingerprint density at radius 1 is 1.61 bits per heavy atom. The molecule has 0 saturated carbocycles. The molecule has 2 rings (SSSR count). The van der Waals surface area contributed by atoms with Gasteiger partial charge in [0.1, 0.15) is 0 Å². The van der Waals surface area contributed by atoms with Crippen molar-refractivity contribution in [2.75, 3.05) is 18.0 Å². The monoisotopic (exact) mass is 268 g/mol. The van der Waals surface area contributed by atoms with Crippen LogP contribution in [0.15, 0.2) is 6.20 Å². The van der Waals surface area contributed by atoms with E-state index in [9.17, 15) is 4.79 Å². The fraction of sp³-hybridized carbons (Fsp3) is 0.667. The van der Waals surface area contributed by atoms with Crippen LogP contribution >= 0.6 is 11.8 Å².